The minimum atomic E-state index is -0.577. The number of carbonyl (C=O) groups is 1. The number of rotatable bonds is 16. The third-order valence-electron chi connectivity index (χ3n) is 5.35. The van der Waals surface area contributed by atoms with Crippen LogP contribution in [0.15, 0.2) is 28.7 Å². The number of nitrogens with zero attached hydrogens (tertiary/aromatic N) is 1. The van der Waals surface area contributed by atoms with Gasteiger partial charge in [0.1, 0.15) is 0 Å². The van der Waals surface area contributed by atoms with Gasteiger partial charge in [-0.1, -0.05) is 0 Å². The van der Waals surface area contributed by atoms with Gasteiger partial charge < -0.3 is 38.4 Å². The molecule has 0 radical (unpaired) electrons. The maximum atomic E-state index is 13.1. The summed E-state index contributed by atoms with van der Waals surface area (Å²) in [5.41, 5.74) is 1.11. The zero-order valence-corrected chi connectivity index (χ0v) is 20.8. The largest absolute Gasteiger partial charge is 0.459 e. The molecule has 0 aromatic carbocycles. The number of allylic oxidation sites excluding steroid dienone is 1. The van der Waals surface area contributed by atoms with Crippen LogP contribution in [-0.4, -0.2) is 95.9 Å². The quantitative estimate of drug-likeness (QED) is 0.280. The van der Waals surface area contributed by atoms with Gasteiger partial charge in [-0.15, -0.1) is 0 Å². The fraction of sp³-hybridized carbons (Fsp3) is 0.696. The molecule has 1 aromatic heterocycles. The van der Waals surface area contributed by atoms with Gasteiger partial charge >= 0.3 is 0 Å². The van der Waals surface area contributed by atoms with Crippen LogP contribution in [0.5, 0.6) is 0 Å². The van der Waals surface area contributed by atoms with Crippen molar-refractivity contribution < 1.29 is 38.3 Å². The van der Waals surface area contributed by atoms with Gasteiger partial charge in [0.05, 0.1) is 33.0 Å². The van der Waals surface area contributed by atoms with Crippen molar-refractivity contribution in [2.75, 3.05) is 67.5 Å². The van der Waals surface area contributed by atoms with Gasteiger partial charge in [-0.25, -0.2) is 0 Å². The molecule has 2 heterocycles. The molecular formula is C23H37NO8S. The van der Waals surface area contributed by atoms with Crippen molar-refractivity contribution in [2.24, 2.45) is 5.92 Å². The Morgan fingerprint density at radius 1 is 1.21 bits per heavy atom. The Kier molecular flexibility index (Phi) is 12.9. The van der Waals surface area contributed by atoms with Crippen molar-refractivity contribution in [3.05, 3.63) is 34.2 Å². The summed E-state index contributed by atoms with van der Waals surface area (Å²) >= 11 is 1.61. The summed E-state index contributed by atoms with van der Waals surface area (Å²) in [6.45, 7) is 4.31. The first-order valence-electron chi connectivity index (χ1n) is 11.1. The smallest absolute Gasteiger partial charge is 0.288 e. The van der Waals surface area contributed by atoms with E-state index in [0.29, 0.717) is 39.5 Å². The van der Waals surface area contributed by atoms with Crippen LogP contribution in [0.1, 0.15) is 24.8 Å². The number of methoxy groups -OCH3 is 2. The first-order chi connectivity index (χ1) is 16.0. The van der Waals surface area contributed by atoms with Crippen LogP contribution in [0.2, 0.25) is 0 Å². The number of aliphatic hydroxyl groups excluding tert-OH is 1. The number of amides is 1. The van der Waals surface area contributed by atoms with E-state index in [1.165, 1.54) is 19.1 Å². The van der Waals surface area contributed by atoms with E-state index in [4.69, 9.17) is 33.5 Å². The van der Waals surface area contributed by atoms with Crippen molar-refractivity contribution in [2.45, 2.75) is 31.8 Å². The topological polar surface area (TPSA) is 95.9 Å². The van der Waals surface area contributed by atoms with E-state index in [1.807, 2.05) is 18.4 Å². The molecule has 9 nitrogen and oxygen atoms in total. The van der Waals surface area contributed by atoms with Gasteiger partial charge in [0.15, 0.2) is 12.0 Å². The van der Waals surface area contributed by atoms with E-state index in [0.717, 1.165) is 5.56 Å². The number of hydrogen-bond donors (Lipinski definition) is 1. The third kappa shape index (κ3) is 8.64. The van der Waals surface area contributed by atoms with Crippen molar-refractivity contribution >= 4 is 17.2 Å². The lowest BCUT2D eigenvalue weighted by molar-refractivity contribution is -0.174. The highest BCUT2D eigenvalue weighted by molar-refractivity contribution is 7.08. The van der Waals surface area contributed by atoms with Crippen LogP contribution < -0.4 is 0 Å². The molecule has 0 fully saturated rings. The average Bonchev–Trinajstić information content (AvgIpc) is 3.36. The maximum Gasteiger partial charge on any atom is 0.288 e. The maximum absolute atomic E-state index is 13.1. The van der Waals surface area contributed by atoms with Crippen LogP contribution in [-0.2, 0) is 33.2 Å². The Morgan fingerprint density at radius 2 is 1.94 bits per heavy atom. The number of likely N-dealkylation sites (N-methyl/N-ethyl adjacent to an activating group) is 1. The minimum absolute atomic E-state index is 0.00204. The molecule has 0 unspecified atom stereocenters. The minimum Gasteiger partial charge on any atom is -0.459 e. The molecule has 3 atom stereocenters. The summed E-state index contributed by atoms with van der Waals surface area (Å²) < 4.78 is 33.4. The summed E-state index contributed by atoms with van der Waals surface area (Å²) in [5, 5.41) is 12.9. The second-order valence-corrected chi connectivity index (χ2v) is 8.32. The SMILES string of the molecule is CCO[C@@H]1OC(C(=O)N(C)CC(OC)OC)=C[C@H](c2ccsc2)[C@H]1CCOCCOCCO. The lowest BCUT2D eigenvalue weighted by atomic mass is 9.82. The summed E-state index contributed by atoms with van der Waals surface area (Å²) in [7, 11) is 4.75. The first-order valence-corrected chi connectivity index (χ1v) is 12.1. The molecule has 1 aliphatic rings. The summed E-state index contributed by atoms with van der Waals surface area (Å²) in [5.74, 6) is -0.0725. The van der Waals surface area contributed by atoms with Crippen molar-refractivity contribution in [1.29, 1.82) is 0 Å². The van der Waals surface area contributed by atoms with E-state index in [2.05, 4.69) is 11.4 Å². The summed E-state index contributed by atoms with van der Waals surface area (Å²) in [6.07, 6.45) is 1.48. The average molecular weight is 488 g/mol. The molecule has 1 aromatic rings. The standard InChI is InChI=1S/C23H37NO8S/c1-5-31-23-18(6-9-29-11-12-30-10-8-25)19(17-7-13-33-16-17)14-20(32-23)22(26)24(2)15-21(27-3)28-4/h7,13-14,16,18-19,21,23,25H,5-6,8-12,15H2,1-4H3/t18-,19-,23-/m1/s1. The molecular weight excluding hydrogens is 450 g/mol. The molecule has 33 heavy (non-hydrogen) atoms. The predicted octanol–water partition coefficient (Wildman–Crippen LogP) is 2.22. The first kappa shape index (κ1) is 27.7. The fourth-order valence-electron chi connectivity index (χ4n) is 3.62. The molecule has 0 spiro atoms. The molecule has 188 valence electrons. The van der Waals surface area contributed by atoms with Gasteiger partial charge in [-0.2, -0.15) is 11.3 Å². The fourth-order valence-corrected chi connectivity index (χ4v) is 4.33. The van der Waals surface area contributed by atoms with Gasteiger partial charge in [0, 0.05) is 46.3 Å². The summed E-state index contributed by atoms with van der Waals surface area (Å²) in [6, 6.07) is 2.06. The van der Waals surface area contributed by atoms with E-state index < -0.39 is 12.6 Å². The zero-order chi connectivity index (χ0) is 24.1. The number of ether oxygens (including phenoxy) is 6. The molecule has 0 saturated heterocycles. The van der Waals surface area contributed by atoms with E-state index in [-0.39, 0.29) is 36.7 Å². The Morgan fingerprint density at radius 3 is 2.55 bits per heavy atom. The van der Waals surface area contributed by atoms with E-state index in [9.17, 15) is 4.79 Å². The number of carbonyl (C=O) groups excluding carboxylic acids is 1. The van der Waals surface area contributed by atoms with Crippen molar-refractivity contribution in [3.63, 3.8) is 0 Å². The van der Waals surface area contributed by atoms with Crippen LogP contribution >= 0.6 is 11.3 Å². The van der Waals surface area contributed by atoms with Gasteiger partial charge in [-0.3, -0.25) is 4.79 Å². The Labute approximate surface area is 200 Å². The van der Waals surface area contributed by atoms with Gasteiger partial charge in [0.25, 0.3) is 5.91 Å². The Balaban J connectivity index is 2.13. The predicted molar refractivity (Wildman–Crippen MR) is 124 cm³/mol. The molecule has 1 amide bonds. The highest BCUT2D eigenvalue weighted by Gasteiger charge is 2.39. The van der Waals surface area contributed by atoms with Crippen molar-refractivity contribution in [1.82, 2.24) is 4.90 Å². The van der Waals surface area contributed by atoms with Crippen molar-refractivity contribution in [3.8, 4) is 0 Å². The van der Waals surface area contributed by atoms with Gasteiger partial charge in [0.2, 0.25) is 6.29 Å². The van der Waals surface area contributed by atoms with Crippen LogP contribution in [0.25, 0.3) is 0 Å². The highest BCUT2D eigenvalue weighted by Crippen LogP contribution is 2.39. The molecule has 0 bridgehead atoms. The Bertz CT molecular complexity index is 695. The molecule has 0 aliphatic carbocycles. The third-order valence-corrected chi connectivity index (χ3v) is 6.05. The number of thiophene rings is 1. The van der Waals surface area contributed by atoms with Crippen LogP contribution in [0.4, 0.5) is 0 Å². The van der Waals surface area contributed by atoms with E-state index >= 15 is 0 Å². The second kappa shape index (κ2) is 15.4. The molecule has 1 aliphatic heterocycles. The van der Waals surface area contributed by atoms with E-state index in [1.54, 1.807) is 18.4 Å². The van der Waals surface area contributed by atoms with Crippen LogP contribution in [0.3, 0.4) is 0 Å². The highest BCUT2D eigenvalue weighted by atomic mass is 32.1. The molecule has 0 saturated carbocycles. The van der Waals surface area contributed by atoms with Crippen LogP contribution in [0, 0.1) is 5.92 Å². The molecule has 2 rings (SSSR count). The monoisotopic (exact) mass is 487 g/mol. The number of aliphatic hydroxyl groups is 1. The van der Waals surface area contributed by atoms with Gasteiger partial charge in [-0.05, 0) is 41.8 Å². The zero-order valence-electron chi connectivity index (χ0n) is 19.9. The molecule has 10 heteroatoms. The number of hydrogen-bond acceptors (Lipinski definition) is 9. The lowest BCUT2D eigenvalue weighted by Gasteiger charge is -2.37. The normalized spacial score (nSPS) is 20.5. The second-order valence-electron chi connectivity index (χ2n) is 7.54. The Hall–Kier alpha value is -1.53. The summed E-state index contributed by atoms with van der Waals surface area (Å²) in [4.78, 5) is 14.7. The lowest BCUT2D eigenvalue weighted by Crippen LogP contribution is -2.42. The molecule has 1 N–H and O–H groups in total.